The Hall–Kier alpha value is -4.82. The number of hydrogen-bond acceptors (Lipinski definition) is 4. The predicted octanol–water partition coefficient (Wildman–Crippen LogP) is 4.98. The molecule has 0 spiro atoms. The molecular weight excluding hydrogens is 482 g/mol. The number of amides is 2. The molecule has 4 N–H and O–H groups in total. The highest BCUT2D eigenvalue weighted by Gasteiger charge is 2.15. The third-order valence-corrected chi connectivity index (χ3v) is 5.46. The van der Waals surface area contributed by atoms with Crippen molar-refractivity contribution in [1.29, 1.82) is 0 Å². The maximum atomic E-state index is 13.2. The van der Waals surface area contributed by atoms with Gasteiger partial charge in [0.05, 0.1) is 0 Å². The molecule has 0 atom stereocenters. The third-order valence-electron chi connectivity index (χ3n) is 5.26. The fraction of sp³-hybridized carbons (Fsp3) is 0.0345. The SMILES string of the molecule is O=C(NCc1ccccc1NC(=S)Nc1ccccc1)/C(=C/c1cccnc1)NC(=O)c1ccccc1. The van der Waals surface area contributed by atoms with Gasteiger partial charge in [0.1, 0.15) is 5.70 Å². The van der Waals surface area contributed by atoms with Gasteiger partial charge in [-0.05, 0) is 65.8 Å². The molecule has 0 aliphatic heterocycles. The fourth-order valence-corrected chi connectivity index (χ4v) is 3.67. The van der Waals surface area contributed by atoms with E-state index < -0.39 is 5.91 Å². The van der Waals surface area contributed by atoms with Gasteiger partial charge in [0.25, 0.3) is 11.8 Å². The van der Waals surface area contributed by atoms with Crippen LogP contribution in [0.15, 0.2) is 115 Å². The summed E-state index contributed by atoms with van der Waals surface area (Å²) in [7, 11) is 0. The van der Waals surface area contributed by atoms with Gasteiger partial charge >= 0.3 is 0 Å². The number of rotatable bonds is 8. The second kappa shape index (κ2) is 12.8. The van der Waals surface area contributed by atoms with Crippen molar-refractivity contribution in [3.8, 4) is 0 Å². The Balaban J connectivity index is 1.46. The molecule has 8 heteroatoms. The number of pyridine rings is 1. The molecule has 7 nitrogen and oxygen atoms in total. The minimum Gasteiger partial charge on any atom is -0.347 e. The van der Waals surface area contributed by atoms with E-state index in [-0.39, 0.29) is 18.1 Å². The Bertz CT molecular complexity index is 1390. The summed E-state index contributed by atoms with van der Waals surface area (Å²) < 4.78 is 0. The molecular formula is C29H25N5O2S. The lowest BCUT2D eigenvalue weighted by atomic mass is 10.1. The standard InChI is InChI=1S/C29H25N5O2S/c35-27(22-11-3-1-4-12-22)33-26(18-21-10-9-17-30-19-21)28(36)31-20-23-13-7-8-16-25(23)34-29(37)32-24-14-5-2-6-15-24/h1-19H,20H2,(H,31,36)(H,33,35)(H2,32,34,37)/b26-18-. The molecule has 4 rings (SSSR count). The first-order valence-corrected chi connectivity index (χ1v) is 12.0. The van der Waals surface area contributed by atoms with E-state index >= 15 is 0 Å². The van der Waals surface area contributed by atoms with Crippen LogP contribution in [0, 0.1) is 0 Å². The van der Waals surface area contributed by atoms with Crippen LogP contribution in [-0.4, -0.2) is 21.9 Å². The van der Waals surface area contributed by atoms with Crippen molar-refractivity contribution in [2.24, 2.45) is 0 Å². The molecule has 184 valence electrons. The Morgan fingerprint density at radius 3 is 2.24 bits per heavy atom. The molecule has 0 bridgehead atoms. The minimum absolute atomic E-state index is 0.105. The van der Waals surface area contributed by atoms with E-state index in [1.807, 2.05) is 60.7 Å². The lowest BCUT2D eigenvalue weighted by molar-refractivity contribution is -0.117. The highest BCUT2D eigenvalue weighted by Crippen LogP contribution is 2.16. The molecule has 0 saturated heterocycles. The average molecular weight is 508 g/mol. The van der Waals surface area contributed by atoms with Crippen molar-refractivity contribution in [2.75, 3.05) is 10.6 Å². The van der Waals surface area contributed by atoms with Gasteiger partial charge < -0.3 is 21.3 Å². The zero-order valence-electron chi connectivity index (χ0n) is 19.8. The van der Waals surface area contributed by atoms with Crippen LogP contribution in [0.5, 0.6) is 0 Å². The fourth-order valence-electron chi connectivity index (χ4n) is 3.44. The van der Waals surface area contributed by atoms with Gasteiger partial charge in [-0.3, -0.25) is 14.6 Å². The van der Waals surface area contributed by atoms with Gasteiger partial charge in [-0.25, -0.2) is 0 Å². The molecule has 3 aromatic carbocycles. The van der Waals surface area contributed by atoms with E-state index in [1.54, 1.807) is 54.9 Å². The van der Waals surface area contributed by atoms with Gasteiger partial charge in [0, 0.05) is 35.9 Å². The molecule has 0 saturated carbocycles. The van der Waals surface area contributed by atoms with Crippen LogP contribution in [0.3, 0.4) is 0 Å². The van der Waals surface area contributed by atoms with E-state index in [1.165, 1.54) is 0 Å². The van der Waals surface area contributed by atoms with Gasteiger partial charge in [0.2, 0.25) is 0 Å². The van der Waals surface area contributed by atoms with Crippen LogP contribution in [-0.2, 0) is 11.3 Å². The number of carbonyl (C=O) groups excluding carboxylic acids is 2. The second-order valence-corrected chi connectivity index (χ2v) is 8.36. The van der Waals surface area contributed by atoms with Crippen molar-refractivity contribution < 1.29 is 9.59 Å². The maximum absolute atomic E-state index is 13.2. The summed E-state index contributed by atoms with van der Waals surface area (Å²) >= 11 is 5.45. The highest BCUT2D eigenvalue weighted by atomic mass is 32.1. The first-order valence-electron chi connectivity index (χ1n) is 11.6. The van der Waals surface area contributed by atoms with Gasteiger partial charge in [-0.2, -0.15) is 0 Å². The van der Waals surface area contributed by atoms with Crippen LogP contribution >= 0.6 is 12.2 Å². The number of para-hydroxylation sites is 2. The topological polar surface area (TPSA) is 95.2 Å². The van der Waals surface area contributed by atoms with Gasteiger partial charge in [-0.1, -0.05) is 60.7 Å². The number of carbonyl (C=O) groups is 2. The van der Waals surface area contributed by atoms with Gasteiger partial charge in [0.15, 0.2) is 5.11 Å². The molecule has 1 heterocycles. The van der Waals surface area contributed by atoms with E-state index in [4.69, 9.17) is 12.2 Å². The number of nitrogens with one attached hydrogen (secondary N) is 4. The highest BCUT2D eigenvalue weighted by molar-refractivity contribution is 7.80. The number of benzene rings is 3. The van der Waals surface area contributed by atoms with Crippen LogP contribution in [0.25, 0.3) is 6.08 Å². The first kappa shape index (κ1) is 25.3. The quantitative estimate of drug-likeness (QED) is 0.199. The van der Waals surface area contributed by atoms with Crippen molar-refractivity contribution >= 4 is 46.6 Å². The molecule has 4 aromatic rings. The minimum atomic E-state index is -0.437. The van der Waals surface area contributed by atoms with Crippen LogP contribution in [0.2, 0.25) is 0 Å². The van der Waals surface area contributed by atoms with Gasteiger partial charge in [-0.15, -0.1) is 0 Å². The molecule has 1 aromatic heterocycles. The molecule has 0 radical (unpaired) electrons. The summed E-state index contributed by atoms with van der Waals surface area (Å²) in [5.74, 6) is -0.821. The number of nitrogens with zero attached hydrogens (tertiary/aromatic N) is 1. The Kier molecular flexibility index (Phi) is 8.72. The van der Waals surface area contributed by atoms with Crippen molar-refractivity contribution in [3.05, 3.63) is 132 Å². The van der Waals surface area contributed by atoms with Crippen LogP contribution in [0.4, 0.5) is 11.4 Å². The Morgan fingerprint density at radius 1 is 0.811 bits per heavy atom. The van der Waals surface area contributed by atoms with E-state index in [9.17, 15) is 9.59 Å². The summed E-state index contributed by atoms with van der Waals surface area (Å²) in [4.78, 5) is 30.0. The molecule has 2 amide bonds. The smallest absolute Gasteiger partial charge is 0.268 e. The summed E-state index contributed by atoms with van der Waals surface area (Å²) in [6, 6.07) is 29.4. The zero-order chi connectivity index (χ0) is 25.9. The molecule has 0 aliphatic rings. The summed E-state index contributed by atoms with van der Waals surface area (Å²) in [5, 5.41) is 12.4. The van der Waals surface area contributed by atoms with Crippen LogP contribution in [0.1, 0.15) is 21.5 Å². The normalized spacial score (nSPS) is 10.8. The second-order valence-electron chi connectivity index (χ2n) is 7.95. The summed E-state index contributed by atoms with van der Waals surface area (Å²) in [6.45, 7) is 0.210. The third kappa shape index (κ3) is 7.58. The zero-order valence-corrected chi connectivity index (χ0v) is 20.7. The monoisotopic (exact) mass is 507 g/mol. The van der Waals surface area contributed by atoms with E-state index in [0.717, 1.165) is 16.9 Å². The molecule has 37 heavy (non-hydrogen) atoms. The maximum Gasteiger partial charge on any atom is 0.268 e. The number of anilines is 2. The molecule has 0 aliphatic carbocycles. The van der Waals surface area contributed by atoms with Crippen molar-refractivity contribution in [3.63, 3.8) is 0 Å². The lowest BCUT2D eigenvalue weighted by Gasteiger charge is -2.15. The lowest BCUT2D eigenvalue weighted by Crippen LogP contribution is -2.34. The average Bonchev–Trinajstić information content (AvgIpc) is 2.93. The van der Waals surface area contributed by atoms with Crippen molar-refractivity contribution in [1.82, 2.24) is 15.6 Å². The number of aromatic nitrogens is 1. The summed E-state index contributed by atoms with van der Waals surface area (Å²) in [6.07, 6.45) is 4.84. The van der Waals surface area contributed by atoms with E-state index in [2.05, 4.69) is 26.3 Å². The Labute approximate surface area is 220 Å². The Morgan fingerprint density at radius 2 is 1.51 bits per heavy atom. The largest absolute Gasteiger partial charge is 0.347 e. The van der Waals surface area contributed by atoms with E-state index in [0.29, 0.717) is 16.2 Å². The number of hydrogen-bond donors (Lipinski definition) is 4. The predicted molar refractivity (Wildman–Crippen MR) is 151 cm³/mol. The number of thiocarbonyl (C=S) groups is 1. The summed E-state index contributed by atoms with van der Waals surface area (Å²) in [5.41, 5.74) is 3.67. The first-order chi connectivity index (χ1) is 18.1. The molecule has 0 unspecified atom stereocenters. The van der Waals surface area contributed by atoms with Crippen molar-refractivity contribution in [2.45, 2.75) is 6.54 Å². The van der Waals surface area contributed by atoms with Crippen LogP contribution < -0.4 is 21.3 Å². The molecule has 0 fully saturated rings.